The number of carbonyl (C=O) groups excluding carboxylic acids is 2. The molecule has 4 rings (SSSR count). The Hall–Kier alpha value is -3.68. The molecule has 8 heteroatoms. The Balaban J connectivity index is 1.49. The van der Waals surface area contributed by atoms with Gasteiger partial charge in [-0.05, 0) is 42.5 Å². The number of amides is 2. The molecular formula is C20H18N4O4. The van der Waals surface area contributed by atoms with E-state index >= 15 is 0 Å². The summed E-state index contributed by atoms with van der Waals surface area (Å²) < 4.78 is 5.13. The van der Waals surface area contributed by atoms with Gasteiger partial charge in [-0.3, -0.25) is 14.4 Å². The monoisotopic (exact) mass is 378 g/mol. The molecule has 1 fully saturated rings. The van der Waals surface area contributed by atoms with Gasteiger partial charge in [0.05, 0.1) is 30.3 Å². The van der Waals surface area contributed by atoms with Crippen LogP contribution >= 0.6 is 0 Å². The largest absolute Gasteiger partial charge is 0.497 e. The summed E-state index contributed by atoms with van der Waals surface area (Å²) in [6, 6.07) is 12.1. The molecule has 8 nitrogen and oxygen atoms in total. The maximum atomic E-state index is 12.6. The topological polar surface area (TPSA) is 104 Å². The number of hydrogen-bond acceptors (Lipinski definition) is 5. The zero-order valence-corrected chi connectivity index (χ0v) is 15.1. The Morgan fingerprint density at radius 1 is 1.21 bits per heavy atom. The quantitative estimate of drug-likeness (QED) is 0.722. The van der Waals surface area contributed by atoms with Crippen molar-refractivity contribution in [3.05, 3.63) is 59.1 Å². The molecule has 28 heavy (non-hydrogen) atoms. The van der Waals surface area contributed by atoms with Crippen LogP contribution in [0.3, 0.4) is 0 Å². The normalized spacial score (nSPS) is 16.4. The van der Waals surface area contributed by atoms with Gasteiger partial charge in [-0.2, -0.15) is 0 Å². The molecule has 0 radical (unpaired) electrons. The van der Waals surface area contributed by atoms with Crippen molar-refractivity contribution < 1.29 is 14.3 Å². The lowest BCUT2D eigenvalue weighted by molar-refractivity contribution is -0.122. The standard InChI is InChI=1S/C20H18N4O4/c1-28-15-5-3-14(4-6-15)24-10-12(8-18(24)25)19(26)23-13-2-7-17-16(9-13)20(27)22-11-21-17/h2-7,9,11-12H,8,10H2,1H3,(H,23,26)(H,21,22,27)/t12-/m1/s1. The van der Waals surface area contributed by atoms with Crippen molar-refractivity contribution in [1.29, 1.82) is 0 Å². The van der Waals surface area contributed by atoms with Crippen LogP contribution in [0, 0.1) is 5.92 Å². The molecule has 2 heterocycles. The molecule has 2 N–H and O–H groups in total. The van der Waals surface area contributed by atoms with E-state index in [0.29, 0.717) is 28.9 Å². The first-order valence-electron chi connectivity index (χ1n) is 8.78. The summed E-state index contributed by atoms with van der Waals surface area (Å²) in [5.41, 5.74) is 1.49. The molecule has 0 unspecified atom stereocenters. The maximum absolute atomic E-state index is 12.6. The van der Waals surface area contributed by atoms with Crippen molar-refractivity contribution in [2.45, 2.75) is 6.42 Å². The van der Waals surface area contributed by atoms with Gasteiger partial charge < -0.3 is 19.9 Å². The van der Waals surface area contributed by atoms with E-state index in [1.807, 2.05) is 0 Å². The van der Waals surface area contributed by atoms with Crippen LogP contribution in [-0.2, 0) is 9.59 Å². The van der Waals surface area contributed by atoms with Crippen LogP contribution in [0.2, 0.25) is 0 Å². The fourth-order valence-corrected chi connectivity index (χ4v) is 3.29. The number of nitrogens with one attached hydrogen (secondary N) is 2. The predicted molar refractivity (Wildman–Crippen MR) is 104 cm³/mol. The van der Waals surface area contributed by atoms with E-state index < -0.39 is 5.92 Å². The summed E-state index contributed by atoms with van der Waals surface area (Å²) in [7, 11) is 1.58. The summed E-state index contributed by atoms with van der Waals surface area (Å²) >= 11 is 0. The second kappa shape index (κ2) is 7.15. The number of methoxy groups -OCH3 is 1. The fraction of sp³-hybridized carbons (Fsp3) is 0.200. The highest BCUT2D eigenvalue weighted by Crippen LogP contribution is 2.27. The van der Waals surface area contributed by atoms with Gasteiger partial charge in [0.25, 0.3) is 5.56 Å². The number of aromatic amines is 1. The molecular weight excluding hydrogens is 360 g/mol. The molecule has 1 atom stereocenters. The lowest BCUT2D eigenvalue weighted by Gasteiger charge is -2.17. The second-order valence-electron chi connectivity index (χ2n) is 6.56. The van der Waals surface area contributed by atoms with Crippen molar-refractivity contribution in [2.24, 2.45) is 5.92 Å². The smallest absolute Gasteiger partial charge is 0.258 e. The van der Waals surface area contributed by atoms with Crippen LogP contribution in [0.4, 0.5) is 11.4 Å². The molecule has 2 amide bonds. The van der Waals surface area contributed by atoms with Crippen LogP contribution in [0.5, 0.6) is 5.75 Å². The Bertz CT molecular complexity index is 1110. The molecule has 2 aromatic carbocycles. The van der Waals surface area contributed by atoms with E-state index in [-0.39, 0.29) is 23.8 Å². The van der Waals surface area contributed by atoms with Gasteiger partial charge in [0, 0.05) is 24.3 Å². The van der Waals surface area contributed by atoms with Gasteiger partial charge in [-0.25, -0.2) is 4.98 Å². The Morgan fingerprint density at radius 3 is 2.75 bits per heavy atom. The Morgan fingerprint density at radius 2 is 2.00 bits per heavy atom. The molecule has 3 aromatic rings. The third-order valence-corrected chi connectivity index (χ3v) is 4.79. The van der Waals surface area contributed by atoms with Crippen molar-refractivity contribution in [3.63, 3.8) is 0 Å². The van der Waals surface area contributed by atoms with Gasteiger partial charge >= 0.3 is 0 Å². The maximum Gasteiger partial charge on any atom is 0.258 e. The highest BCUT2D eigenvalue weighted by molar-refractivity contribution is 6.04. The third-order valence-electron chi connectivity index (χ3n) is 4.79. The summed E-state index contributed by atoms with van der Waals surface area (Å²) in [5, 5.41) is 3.19. The zero-order chi connectivity index (χ0) is 19.7. The number of ether oxygens (including phenoxy) is 1. The predicted octanol–water partition coefficient (Wildman–Crippen LogP) is 1.92. The number of nitrogens with zero attached hydrogens (tertiary/aromatic N) is 2. The van der Waals surface area contributed by atoms with E-state index in [1.165, 1.54) is 6.33 Å². The molecule has 142 valence electrons. The number of anilines is 2. The fourth-order valence-electron chi connectivity index (χ4n) is 3.29. The van der Waals surface area contributed by atoms with E-state index in [9.17, 15) is 14.4 Å². The Kier molecular flexibility index (Phi) is 4.52. The number of carbonyl (C=O) groups is 2. The average Bonchev–Trinajstić information content (AvgIpc) is 3.10. The first kappa shape index (κ1) is 17.7. The summed E-state index contributed by atoms with van der Waals surface area (Å²) in [5.74, 6) is -0.142. The third kappa shape index (κ3) is 3.32. The molecule has 1 aliphatic heterocycles. The second-order valence-corrected chi connectivity index (χ2v) is 6.56. The summed E-state index contributed by atoms with van der Waals surface area (Å²) in [6.07, 6.45) is 1.47. The first-order chi connectivity index (χ1) is 13.5. The number of hydrogen-bond donors (Lipinski definition) is 2. The number of aromatic nitrogens is 2. The SMILES string of the molecule is COc1ccc(N2C[C@H](C(=O)Nc3ccc4nc[nH]c(=O)c4c3)CC2=O)cc1. The van der Waals surface area contributed by atoms with E-state index in [1.54, 1.807) is 54.5 Å². The van der Waals surface area contributed by atoms with E-state index in [2.05, 4.69) is 15.3 Å². The number of benzene rings is 2. The minimum atomic E-state index is -0.475. The van der Waals surface area contributed by atoms with Crippen LogP contribution in [0.15, 0.2) is 53.6 Å². The molecule has 1 saturated heterocycles. The lowest BCUT2D eigenvalue weighted by Crippen LogP contribution is -2.28. The Labute approximate surface area is 160 Å². The van der Waals surface area contributed by atoms with Crippen molar-refractivity contribution in [2.75, 3.05) is 23.9 Å². The number of rotatable bonds is 4. The number of fused-ring (bicyclic) bond motifs is 1. The minimum Gasteiger partial charge on any atom is -0.497 e. The van der Waals surface area contributed by atoms with Gasteiger partial charge in [0.2, 0.25) is 11.8 Å². The molecule has 1 aliphatic rings. The first-order valence-corrected chi connectivity index (χ1v) is 8.78. The van der Waals surface area contributed by atoms with E-state index in [0.717, 1.165) is 5.69 Å². The van der Waals surface area contributed by atoms with Crippen LogP contribution in [0.25, 0.3) is 10.9 Å². The van der Waals surface area contributed by atoms with Gasteiger partial charge in [0.15, 0.2) is 0 Å². The van der Waals surface area contributed by atoms with Gasteiger partial charge in [0.1, 0.15) is 5.75 Å². The van der Waals surface area contributed by atoms with Crippen LogP contribution in [0.1, 0.15) is 6.42 Å². The van der Waals surface area contributed by atoms with Crippen molar-refractivity contribution in [3.8, 4) is 5.75 Å². The van der Waals surface area contributed by atoms with Crippen LogP contribution < -0.4 is 20.5 Å². The average molecular weight is 378 g/mol. The molecule has 0 spiro atoms. The van der Waals surface area contributed by atoms with Gasteiger partial charge in [-0.15, -0.1) is 0 Å². The highest BCUT2D eigenvalue weighted by atomic mass is 16.5. The molecule has 0 aliphatic carbocycles. The molecule has 1 aromatic heterocycles. The molecule has 0 bridgehead atoms. The van der Waals surface area contributed by atoms with E-state index in [4.69, 9.17) is 4.74 Å². The summed E-state index contributed by atoms with van der Waals surface area (Å²) in [6.45, 7) is 0.298. The van der Waals surface area contributed by atoms with Crippen molar-refractivity contribution in [1.82, 2.24) is 9.97 Å². The number of H-pyrrole nitrogens is 1. The van der Waals surface area contributed by atoms with Gasteiger partial charge in [-0.1, -0.05) is 0 Å². The minimum absolute atomic E-state index is 0.107. The lowest BCUT2D eigenvalue weighted by atomic mass is 10.1. The highest BCUT2D eigenvalue weighted by Gasteiger charge is 2.35. The zero-order valence-electron chi connectivity index (χ0n) is 15.1. The summed E-state index contributed by atoms with van der Waals surface area (Å²) in [4.78, 5) is 45.1. The van der Waals surface area contributed by atoms with Crippen LogP contribution in [-0.4, -0.2) is 35.4 Å². The molecule has 0 saturated carbocycles. The van der Waals surface area contributed by atoms with Crippen molar-refractivity contribution >= 4 is 34.1 Å².